The molecule has 6 heteroatoms. The van der Waals surface area contributed by atoms with Crippen molar-refractivity contribution in [2.75, 3.05) is 13.1 Å². The Morgan fingerprint density at radius 2 is 1.71 bits per heavy atom. The Kier molecular flexibility index (Phi) is 10.3. The molecule has 4 N–H and O–H groups in total. The van der Waals surface area contributed by atoms with Crippen molar-refractivity contribution in [3.63, 3.8) is 0 Å². The molecule has 1 aromatic rings. The van der Waals surface area contributed by atoms with Gasteiger partial charge in [-0.25, -0.2) is 0 Å². The topological polar surface area (TPSA) is 84.2 Å². The summed E-state index contributed by atoms with van der Waals surface area (Å²) in [6.07, 6.45) is 1.43. The van der Waals surface area contributed by atoms with Gasteiger partial charge >= 0.3 is 0 Å². The molecular weight excluding hydrogens is 290 g/mol. The van der Waals surface area contributed by atoms with Gasteiger partial charge in [-0.1, -0.05) is 37.3 Å². The lowest BCUT2D eigenvalue weighted by molar-refractivity contribution is -0.122. The maximum absolute atomic E-state index is 11.7. The van der Waals surface area contributed by atoms with Gasteiger partial charge in [-0.05, 0) is 12.0 Å². The van der Waals surface area contributed by atoms with E-state index in [2.05, 4.69) is 10.6 Å². The molecule has 0 aliphatic heterocycles. The van der Waals surface area contributed by atoms with E-state index in [1.807, 2.05) is 37.3 Å². The number of nitrogens with one attached hydrogen (secondary N) is 2. The van der Waals surface area contributed by atoms with Crippen molar-refractivity contribution >= 4 is 24.2 Å². The Morgan fingerprint density at radius 3 is 2.33 bits per heavy atom. The van der Waals surface area contributed by atoms with Crippen LogP contribution in [0.15, 0.2) is 30.3 Å². The van der Waals surface area contributed by atoms with Crippen LogP contribution in [0.5, 0.6) is 0 Å². The van der Waals surface area contributed by atoms with E-state index < -0.39 is 0 Å². The molecule has 0 spiro atoms. The van der Waals surface area contributed by atoms with Gasteiger partial charge in [-0.15, -0.1) is 12.4 Å². The van der Waals surface area contributed by atoms with Crippen LogP contribution in [0.2, 0.25) is 0 Å². The highest BCUT2D eigenvalue weighted by molar-refractivity contribution is 5.85. The zero-order valence-electron chi connectivity index (χ0n) is 12.3. The molecule has 0 aliphatic carbocycles. The Balaban J connectivity index is 0.00000400. The molecule has 21 heavy (non-hydrogen) atoms. The standard InChI is InChI=1S/C15H23N3O2.ClH/c1-2-9-17-14(19)8-10-18-15(20)11-13(16)12-6-4-3-5-7-12;/h3-7,13H,2,8-11,16H2,1H3,(H,17,19)(H,18,20);1H. The van der Waals surface area contributed by atoms with Gasteiger partial charge in [0.05, 0.1) is 0 Å². The molecule has 0 saturated carbocycles. The second kappa shape index (κ2) is 11.1. The van der Waals surface area contributed by atoms with Gasteiger partial charge in [0.25, 0.3) is 0 Å². The van der Waals surface area contributed by atoms with E-state index in [-0.39, 0.29) is 36.7 Å². The lowest BCUT2D eigenvalue weighted by Crippen LogP contribution is -2.32. The summed E-state index contributed by atoms with van der Waals surface area (Å²) in [5, 5.41) is 5.47. The number of carbonyl (C=O) groups is 2. The minimum Gasteiger partial charge on any atom is -0.356 e. The average Bonchev–Trinajstić information content (AvgIpc) is 2.46. The average molecular weight is 314 g/mol. The summed E-state index contributed by atoms with van der Waals surface area (Å²) in [5.74, 6) is -0.177. The molecule has 0 heterocycles. The number of halogens is 1. The number of carbonyl (C=O) groups excluding carboxylic acids is 2. The van der Waals surface area contributed by atoms with E-state index in [0.717, 1.165) is 12.0 Å². The summed E-state index contributed by atoms with van der Waals surface area (Å²) in [5.41, 5.74) is 6.89. The number of hydrogen-bond donors (Lipinski definition) is 3. The Labute approximate surface area is 132 Å². The van der Waals surface area contributed by atoms with Crippen molar-refractivity contribution in [2.24, 2.45) is 5.73 Å². The van der Waals surface area contributed by atoms with Crippen LogP contribution in [-0.4, -0.2) is 24.9 Å². The molecule has 0 aromatic heterocycles. The van der Waals surface area contributed by atoms with Crippen molar-refractivity contribution in [1.29, 1.82) is 0 Å². The van der Waals surface area contributed by atoms with Crippen LogP contribution in [-0.2, 0) is 9.59 Å². The number of rotatable bonds is 8. The maximum Gasteiger partial charge on any atom is 0.221 e. The third-order valence-corrected chi connectivity index (χ3v) is 2.88. The molecular formula is C15H24ClN3O2. The molecule has 5 nitrogen and oxygen atoms in total. The van der Waals surface area contributed by atoms with Crippen LogP contribution in [0.1, 0.15) is 37.8 Å². The van der Waals surface area contributed by atoms with E-state index in [1.54, 1.807) is 0 Å². The van der Waals surface area contributed by atoms with Gasteiger partial charge in [0.1, 0.15) is 0 Å². The van der Waals surface area contributed by atoms with Crippen molar-refractivity contribution in [3.05, 3.63) is 35.9 Å². The van der Waals surface area contributed by atoms with Crippen molar-refractivity contribution in [3.8, 4) is 0 Å². The largest absolute Gasteiger partial charge is 0.356 e. The highest BCUT2D eigenvalue weighted by atomic mass is 35.5. The molecule has 0 radical (unpaired) electrons. The van der Waals surface area contributed by atoms with Gasteiger partial charge in [0.15, 0.2) is 0 Å². The molecule has 0 saturated heterocycles. The quantitative estimate of drug-likeness (QED) is 0.680. The summed E-state index contributed by atoms with van der Waals surface area (Å²) >= 11 is 0. The molecule has 118 valence electrons. The van der Waals surface area contributed by atoms with E-state index >= 15 is 0 Å². The summed E-state index contributed by atoms with van der Waals surface area (Å²) in [7, 11) is 0. The Bertz CT molecular complexity index is 426. The van der Waals surface area contributed by atoms with E-state index in [1.165, 1.54) is 0 Å². The number of benzene rings is 1. The first-order valence-corrected chi connectivity index (χ1v) is 6.97. The summed E-state index contributed by atoms with van der Waals surface area (Å²) in [6.45, 7) is 3.01. The molecule has 0 bridgehead atoms. The van der Waals surface area contributed by atoms with E-state index in [4.69, 9.17) is 5.73 Å². The molecule has 1 aromatic carbocycles. The van der Waals surface area contributed by atoms with Crippen LogP contribution in [0, 0.1) is 0 Å². The van der Waals surface area contributed by atoms with Crippen LogP contribution < -0.4 is 16.4 Å². The van der Waals surface area contributed by atoms with Crippen LogP contribution in [0.25, 0.3) is 0 Å². The van der Waals surface area contributed by atoms with Gasteiger partial charge in [0.2, 0.25) is 11.8 Å². The Morgan fingerprint density at radius 1 is 1.10 bits per heavy atom. The molecule has 2 amide bonds. The molecule has 0 fully saturated rings. The van der Waals surface area contributed by atoms with Gasteiger partial charge in [0, 0.05) is 32.0 Å². The predicted octanol–water partition coefficient (Wildman–Crippen LogP) is 1.53. The minimum absolute atomic E-state index is 0. The lowest BCUT2D eigenvalue weighted by atomic mass is 10.0. The van der Waals surface area contributed by atoms with Crippen LogP contribution in [0.3, 0.4) is 0 Å². The third kappa shape index (κ3) is 8.32. The molecule has 1 atom stereocenters. The first kappa shape index (κ1) is 19.4. The van der Waals surface area contributed by atoms with E-state index in [9.17, 15) is 9.59 Å². The zero-order valence-corrected chi connectivity index (χ0v) is 13.1. The monoisotopic (exact) mass is 313 g/mol. The molecule has 1 rings (SSSR count). The fourth-order valence-corrected chi connectivity index (χ4v) is 1.76. The fourth-order valence-electron chi connectivity index (χ4n) is 1.76. The zero-order chi connectivity index (χ0) is 14.8. The number of amides is 2. The van der Waals surface area contributed by atoms with Crippen molar-refractivity contribution < 1.29 is 9.59 Å². The van der Waals surface area contributed by atoms with Crippen LogP contribution >= 0.6 is 12.4 Å². The van der Waals surface area contributed by atoms with Crippen LogP contribution in [0.4, 0.5) is 0 Å². The van der Waals surface area contributed by atoms with Crippen molar-refractivity contribution in [2.45, 2.75) is 32.2 Å². The van der Waals surface area contributed by atoms with Gasteiger partial charge < -0.3 is 16.4 Å². The SMILES string of the molecule is CCCNC(=O)CCNC(=O)CC(N)c1ccccc1.Cl. The summed E-state index contributed by atoms with van der Waals surface area (Å²) in [4.78, 5) is 23.0. The normalized spacial score (nSPS) is 11.1. The second-order valence-electron chi connectivity index (χ2n) is 4.67. The molecule has 1 unspecified atom stereocenters. The molecule has 0 aliphatic rings. The Hall–Kier alpha value is -1.59. The highest BCUT2D eigenvalue weighted by Gasteiger charge is 2.11. The number of hydrogen-bond acceptors (Lipinski definition) is 3. The van der Waals surface area contributed by atoms with Gasteiger partial charge in [-0.2, -0.15) is 0 Å². The first-order chi connectivity index (χ1) is 9.63. The van der Waals surface area contributed by atoms with E-state index in [0.29, 0.717) is 19.5 Å². The van der Waals surface area contributed by atoms with Crippen molar-refractivity contribution in [1.82, 2.24) is 10.6 Å². The lowest BCUT2D eigenvalue weighted by Gasteiger charge is -2.12. The summed E-state index contributed by atoms with van der Waals surface area (Å²) < 4.78 is 0. The second-order valence-corrected chi connectivity index (χ2v) is 4.67. The summed E-state index contributed by atoms with van der Waals surface area (Å²) in [6, 6.07) is 9.18. The van der Waals surface area contributed by atoms with Gasteiger partial charge in [-0.3, -0.25) is 9.59 Å². The first-order valence-electron chi connectivity index (χ1n) is 6.97. The predicted molar refractivity (Wildman–Crippen MR) is 86.2 cm³/mol. The minimum atomic E-state index is -0.315. The smallest absolute Gasteiger partial charge is 0.221 e. The third-order valence-electron chi connectivity index (χ3n) is 2.88. The maximum atomic E-state index is 11.7. The highest BCUT2D eigenvalue weighted by Crippen LogP contribution is 2.12. The fraction of sp³-hybridized carbons (Fsp3) is 0.467. The number of nitrogens with two attached hydrogens (primary N) is 1.